The third-order valence-corrected chi connectivity index (χ3v) is 2.17. The number of alkyl halides is 3. The number of benzene rings is 1. The fourth-order valence-corrected chi connectivity index (χ4v) is 1.38. The van der Waals surface area contributed by atoms with Crippen LogP contribution in [0.25, 0.3) is 0 Å². The summed E-state index contributed by atoms with van der Waals surface area (Å²) < 4.78 is 48.2. The lowest BCUT2D eigenvalue weighted by atomic mass is 10.0. The monoisotopic (exact) mass is 236 g/mol. The average Bonchev–Trinajstić information content (AvgIpc) is 2.15. The van der Waals surface area contributed by atoms with Crippen molar-refractivity contribution in [3.05, 3.63) is 35.6 Å². The Kier molecular flexibility index (Phi) is 4.29. The van der Waals surface area contributed by atoms with Gasteiger partial charge in [-0.3, -0.25) is 0 Å². The molecule has 0 saturated carbocycles. The van der Waals surface area contributed by atoms with Gasteiger partial charge < -0.3 is 5.11 Å². The van der Waals surface area contributed by atoms with E-state index in [0.717, 1.165) is 6.07 Å². The maximum atomic E-state index is 12.7. The van der Waals surface area contributed by atoms with E-state index < -0.39 is 24.5 Å². The highest BCUT2D eigenvalue weighted by Crippen LogP contribution is 2.26. The Morgan fingerprint density at radius 2 is 1.94 bits per heavy atom. The lowest BCUT2D eigenvalue weighted by Crippen LogP contribution is -2.08. The third kappa shape index (κ3) is 4.61. The van der Waals surface area contributed by atoms with E-state index in [9.17, 15) is 22.7 Å². The maximum absolute atomic E-state index is 12.7. The zero-order chi connectivity index (χ0) is 12.2. The highest BCUT2D eigenvalue weighted by molar-refractivity contribution is 5.18. The van der Waals surface area contributed by atoms with Gasteiger partial charge in [-0.1, -0.05) is 12.1 Å². The van der Waals surface area contributed by atoms with Crippen molar-refractivity contribution in [2.24, 2.45) is 0 Å². The predicted octanol–water partition coefficient (Wildman–Crippen LogP) is 3.59. The van der Waals surface area contributed by atoms with Crippen molar-refractivity contribution in [1.82, 2.24) is 0 Å². The van der Waals surface area contributed by atoms with Gasteiger partial charge in [-0.25, -0.2) is 4.39 Å². The first kappa shape index (κ1) is 13.0. The zero-order valence-corrected chi connectivity index (χ0v) is 8.47. The van der Waals surface area contributed by atoms with Crippen LogP contribution in [0.4, 0.5) is 17.6 Å². The second-order valence-electron chi connectivity index (χ2n) is 3.58. The maximum Gasteiger partial charge on any atom is 0.389 e. The van der Waals surface area contributed by atoms with E-state index >= 15 is 0 Å². The van der Waals surface area contributed by atoms with E-state index in [0.29, 0.717) is 5.56 Å². The van der Waals surface area contributed by atoms with Crippen molar-refractivity contribution >= 4 is 0 Å². The number of hydrogen-bond donors (Lipinski definition) is 1. The van der Waals surface area contributed by atoms with Gasteiger partial charge in [0, 0.05) is 6.42 Å². The number of aliphatic hydroxyl groups excluding tert-OH is 1. The van der Waals surface area contributed by atoms with E-state index in [1.54, 1.807) is 0 Å². The Morgan fingerprint density at radius 1 is 1.25 bits per heavy atom. The first-order valence-corrected chi connectivity index (χ1v) is 4.89. The largest absolute Gasteiger partial charge is 0.389 e. The quantitative estimate of drug-likeness (QED) is 0.792. The van der Waals surface area contributed by atoms with Crippen molar-refractivity contribution in [3.8, 4) is 0 Å². The highest BCUT2D eigenvalue weighted by Gasteiger charge is 2.26. The summed E-state index contributed by atoms with van der Waals surface area (Å²) in [5.41, 5.74) is 0.308. The van der Waals surface area contributed by atoms with E-state index in [2.05, 4.69) is 0 Å². The molecule has 1 atom stereocenters. The number of halogens is 4. The van der Waals surface area contributed by atoms with Crippen LogP contribution >= 0.6 is 0 Å². The van der Waals surface area contributed by atoms with Gasteiger partial charge in [0.2, 0.25) is 0 Å². The number of rotatable bonds is 4. The minimum Gasteiger partial charge on any atom is -0.388 e. The molecule has 5 heteroatoms. The van der Waals surface area contributed by atoms with Gasteiger partial charge in [0.15, 0.2) is 0 Å². The Balaban J connectivity index is 2.44. The van der Waals surface area contributed by atoms with Crippen LogP contribution in [0.1, 0.15) is 30.9 Å². The van der Waals surface area contributed by atoms with E-state index in [1.165, 1.54) is 18.2 Å². The van der Waals surface area contributed by atoms with Crippen LogP contribution in [0.15, 0.2) is 24.3 Å². The summed E-state index contributed by atoms with van der Waals surface area (Å²) >= 11 is 0. The van der Waals surface area contributed by atoms with Gasteiger partial charge >= 0.3 is 6.18 Å². The molecule has 0 aliphatic heterocycles. The van der Waals surface area contributed by atoms with Crippen LogP contribution < -0.4 is 0 Å². The summed E-state index contributed by atoms with van der Waals surface area (Å²) in [6, 6.07) is 5.24. The van der Waals surface area contributed by atoms with Gasteiger partial charge in [-0.2, -0.15) is 13.2 Å². The number of hydrogen-bond acceptors (Lipinski definition) is 1. The predicted molar refractivity (Wildman–Crippen MR) is 51.3 cm³/mol. The minimum atomic E-state index is -4.21. The molecule has 16 heavy (non-hydrogen) atoms. The number of aliphatic hydroxyl groups is 1. The van der Waals surface area contributed by atoms with E-state index in [-0.39, 0.29) is 12.8 Å². The average molecular weight is 236 g/mol. The molecule has 1 unspecified atom stereocenters. The van der Waals surface area contributed by atoms with Crippen LogP contribution in [-0.4, -0.2) is 11.3 Å². The van der Waals surface area contributed by atoms with Crippen LogP contribution in [0.3, 0.4) is 0 Å². The molecule has 1 nitrogen and oxygen atoms in total. The smallest absolute Gasteiger partial charge is 0.388 e. The molecule has 0 heterocycles. The van der Waals surface area contributed by atoms with Crippen molar-refractivity contribution in [2.45, 2.75) is 31.5 Å². The van der Waals surface area contributed by atoms with Gasteiger partial charge in [0.1, 0.15) is 5.82 Å². The molecule has 1 rings (SSSR count). The van der Waals surface area contributed by atoms with Crippen molar-refractivity contribution < 1.29 is 22.7 Å². The Hall–Kier alpha value is -1.10. The molecular formula is C11H12F4O. The summed E-state index contributed by atoms with van der Waals surface area (Å²) in [7, 11) is 0. The topological polar surface area (TPSA) is 20.2 Å². The molecule has 0 radical (unpaired) electrons. The lowest BCUT2D eigenvalue weighted by Gasteiger charge is -2.11. The van der Waals surface area contributed by atoms with Crippen LogP contribution in [0.2, 0.25) is 0 Å². The van der Waals surface area contributed by atoms with Gasteiger partial charge in [-0.15, -0.1) is 0 Å². The van der Waals surface area contributed by atoms with Gasteiger partial charge in [0.05, 0.1) is 6.10 Å². The molecule has 0 spiro atoms. The van der Waals surface area contributed by atoms with Gasteiger partial charge in [-0.05, 0) is 30.5 Å². The van der Waals surface area contributed by atoms with Crippen LogP contribution in [0.5, 0.6) is 0 Å². The second-order valence-corrected chi connectivity index (χ2v) is 3.58. The first-order valence-electron chi connectivity index (χ1n) is 4.89. The van der Waals surface area contributed by atoms with E-state index in [1.807, 2.05) is 0 Å². The summed E-state index contributed by atoms with van der Waals surface area (Å²) in [4.78, 5) is 0. The molecule has 90 valence electrons. The zero-order valence-electron chi connectivity index (χ0n) is 8.47. The molecule has 0 amide bonds. The molecule has 0 aliphatic rings. The second kappa shape index (κ2) is 5.30. The third-order valence-electron chi connectivity index (χ3n) is 2.17. The van der Waals surface area contributed by atoms with Crippen LogP contribution in [-0.2, 0) is 0 Å². The minimum absolute atomic E-state index is 0.0248. The lowest BCUT2D eigenvalue weighted by molar-refractivity contribution is -0.136. The van der Waals surface area contributed by atoms with Gasteiger partial charge in [0.25, 0.3) is 0 Å². The molecule has 0 bridgehead atoms. The molecular weight excluding hydrogens is 224 g/mol. The summed E-state index contributed by atoms with van der Waals surface area (Å²) in [5, 5.41) is 9.51. The Morgan fingerprint density at radius 3 is 2.50 bits per heavy atom. The SMILES string of the molecule is OC(CCCC(F)(F)F)c1cccc(F)c1. The molecule has 1 aromatic carbocycles. The fourth-order valence-electron chi connectivity index (χ4n) is 1.38. The van der Waals surface area contributed by atoms with Crippen molar-refractivity contribution in [3.63, 3.8) is 0 Å². The molecule has 0 aliphatic carbocycles. The molecule has 1 N–H and O–H groups in total. The summed E-state index contributed by atoms with van der Waals surface area (Å²) in [6.07, 6.45) is -6.37. The molecule has 0 saturated heterocycles. The summed E-state index contributed by atoms with van der Waals surface area (Å²) in [5.74, 6) is -0.507. The fraction of sp³-hybridized carbons (Fsp3) is 0.455. The summed E-state index contributed by atoms with van der Waals surface area (Å²) in [6.45, 7) is 0. The molecule has 0 aromatic heterocycles. The van der Waals surface area contributed by atoms with Crippen LogP contribution in [0, 0.1) is 5.82 Å². The normalized spacial score (nSPS) is 13.8. The van der Waals surface area contributed by atoms with E-state index in [4.69, 9.17) is 0 Å². The standard InChI is InChI=1S/C11H12F4O/c12-9-4-1-3-8(7-9)10(16)5-2-6-11(13,14)15/h1,3-4,7,10,16H,2,5-6H2. The Bertz CT molecular complexity index is 335. The highest BCUT2D eigenvalue weighted by atomic mass is 19.4. The van der Waals surface area contributed by atoms with Crippen molar-refractivity contribution in [2.75, 3.05) is 0 Å². The Labute approximate surface area is 90.7 Å². The van der Waals surface area contributed by atoms with Crippen molar-refractivity contribution in [1.29, 1.82) is 0 Å². The first-order chi connectivity index (χ1) is 7.38. The molecule has 1 aromatic rings. The molecule has 0 fully saturated rings.